The Balaban J connectivity index is 1.77. The van der Waals surface area contributed by atoms with E-state index < -0.39 is 0 Å². The minimum Gasteiger partial charge on any atom is -0.299 e. The summed E-state index contributed by atoms with van der Waals surface area (Å²) >= 11 is 0. The lowest BCUT2D eigenvalue weighted by molar-refractivity contribution is 0.143. The summed E-state index contributed by atoms with van der Waals surface area (Å²) in [6.07, 6.45) is 4.43. The van der Waals surface area contributed by atoms with Gasteiger partial charge in [-0.25, -0.2) is 0 Å². The highest BCUT2D eigenvalue weighted by Crippen LogP contribution is 2.33. The Bertz CT molecular complexity index is 436. The highest BCUT2D eigenvalue weighted by atomic mass is 15.1. The van der Waals surface area contributed by atoms with Crippen LogP contribution in [0.4, 0.5) is 0 Å². The summed E-state index contributed by atoms with van der Waals surface area (Å²) in [5.74, 6) is 0.797. The van der Waals surface area contributed by atoms with Gasteiger partial charge in [-0.15, -0.1) is 0 Å². The van der Waals surface area contributed by atoms with Crippen molar-refractivity contribution in [1.82, 2.24) is 4.90 Å². The average Bonchev–Trinajstić information content (AvgIpc) is 2.42. The minimum absolute atomic E-state index is 0.182. The van der Waals surface area contributed by atoms with Crippen LogP contribution in [0.3, 0.4) is 0 Å². The lowest BCUT2D eigenvalue weighted by Crippen LogP contribution is -2.34. The third-order valence-electron chi connectivity index (χ3n) is 4.36. The third kappa shape index (κ3) is 4.65. The fourth-order valence-electron chi connectivity index (χ4n) is 3.26. The van der Waals surface area contributed by atoms with E-state index in [4.69, 9.17) is 5.26 Å². The van der Waals surface area contributed by atoms with Gasteiger partial charge in [0.1, 0.15) is 0 Å². The molecule has 1 heterocycles. The average molecular weight is 270 g/mol. The van der Waals surface area contributed by atoms with Crippen LogP contribution in [-0.2, 0) is 6.54 Å². The fraction of sp³-hybridized carbons (Fsp3) is 0.611. The number of piperidine rings is 1. The van der Waals surface area contributed by atoms with Gasteiger partial charge >= 0.3 is 0 Å². The monoisotopic (exact) mass is 270 g/mol. The lowest BCUT2D eigenvalue weighted by atomic mass is 9.77. The minimum atomic E-state index is 0.182. The molecule has 2 heteroatoms. The van der Waals surface area contributed by atoms with E-state index in [0.717, 1.165) is 12.5 Å². The molecule has 0 amide bonds. The molecule has 2 nitrogen and oxygen atoms in total. The maximum absolute atomic E-state index is 8.88. The number of hydrogen-bond donors (Lipinski definition) is 0. The number of nitrogens with zero attached hydrogens (tertiary/aromatic N) is 2. The summed E-state index contributed by atoms with van der Waals surface area (Å²) < 4.78 is 0. The van der Waals surface area contributed by atoms with Crippen LogP contribution in [0.15, 0.2) is 30.3 Å². The number of hydrogen-bond acceptors (Lipinski definition) is 2. The van der Waals surface area contributed by atoms with Gasteiger partial charge in [-0.05, 0) is 49.2 Å². The number of rotatable bonds is 5. The van der Waals surface area contributed by atoms with Crippen molar-refractivity contribution in [3.8, 4) is 6.07 Å². The van der Waals surface area contributed by atoms with Gasteiger partial charge in [-0.2, -0.15) is 5.26 Å². The SMILES string of the molecule is CC(C)(CC#N)CC1CCN(Cc2ccccc2)CC1. The largest absolute Gasteiger partial charge is 0.299 e. The standard InChI is InChI=1S/C18H26N2/c1-18(2,10-11-19)14-16-8-12-20(13-9-16)15-17-6-4-3-5-7-17/h3-7,16H,8-10,12-15H2,1-2H3. The second-order valence-electron chi connectivity index (χ2n) is 6.91. The normalized spacial score (nSPS) is 17.9. The van der Waals surface area contributed by atoms with Crippen LogP contribution in [0, 0.1) is 22.7 Å². The maximum Gasteiger partial charge on any atom is 0.0627 e. The molecule has 1 fully saturated rings. The molecular formula is C18H26N2. The Morgan fingerprint density at radius 2 is 1.85 bits per heavy atom. The van der Waals surface area contributed by atoms with Crippen LogP contribution >= 0.6 is 0 Å². The zero-order valence-electron chi connectivity index (χ0n) is 12.8. The van der Waals surface area contributed by atoms with Crippen LogP contribution in [0.25, 0.3) is 0 Å². The Labute approximate surface area is 123 Å². The highest BCUT2D eigenvalue weighted by Gasteiger charge is 2.26. The second kappa shape index (κ2) is 6.90. The van der Waals surface area contributed by atoms with Crippen molar-refractivity contribution in [2.75, 3.05) is 13.1 Å². The fourth-order valence-corrected chi connectivity index (χ4v) is 3.26. The quantitative estimate of drug-likeness (QED) is 0.800. The van der Waals surface area contributed by atoms with Gasteiger partial charge in [0, 0.05) is 13.0 Å². The first-order valence-electron chi connectivity index (χ1n) is 7.72. The summed E-state index contributed by atoms with van der Waals surface area (Å²) in [7, 11) is 0. The van der Waals surface area contributed by atoms with Gasteiger partial charge in [-0.3, -0.25) is 4.90 Å². The van der Waals surface area contributed by atoms with Crippen LogP contribution in [-0.4, -0.2) is 18.0 Å². The van der Waals surface area contributed by atoms with Crippen molar-refractivity contribution in [1.29, 1.82) is 5.26 Å². The van der Waals surface area contributed by atoms with Gasteiger partial charge in [0.05, 0.1) is 6.07 Å². The zero-order valence-corrected chi connectivity index (χ0v) is 12.8. The number of likely N-dealkylation sites (tertiary alicyclic amines) is 1. The van der Waals surface area contributed by atoms with E-state index in [-0.39, 0.29) is 5.41 Å². The topological polar surface area (TPSA) is 27.0 Å². The third-order valence-corrected chi connectivity index (χ3v) is 4.36. The van der Waals surface area contributed by atoms with Crippen LogP contribution in [0.5, 0.6) is 0 Å². The van der Waals surface area contributed by atoms with E-state index >= 15 is 0 Å². The number of benzene rings is 1. The summed E-state index contributed by atoms with van der Waals surface area (Å²) in [6, 6.07) is 13.1. The van der Waals surface area contributed by atoms with Crippen molar-refractivity contribution in [2.45, 2.75) is 46.1 Å². The van der Waals surface area contributed by atoms with Gasteiger partial charge in [0.15, 0.2) is 0 Å². The molecular weight excluding hydrogens is 244 g/mol. The van der Waals surface area contributed by atoms with Crippen molar-refractivity contribution in [3.05, 3.63) is 35.9 Å². The molecule has 0 saturated carbocycles. The molecule has 0 radical (unpaired) electrons. The lowest BCUT2D eigenvalue weighted by Gasteiger charge is -2.35. The van der Waals surface area contributed by atoms with Crippen LogP contribution in [0.2, 0.25) is 0 Å². The molecule has 1 aliphatic rings. The zero-order chi connectivity index (χ0) is 14.4. The van der Waals surface area contributed by atoms with E-state index in [1.54, 1.807) is 0 Å². The van der Waals surface area contributed by atoms with Crippen LogP contribution < -0.4 is 0 Å². The molecule has 108 valence electrons. The van der Waals surface area contributed by atoms with Crippen molar-refractivity contribution < 1.29 is 0 Å². The molecule has 1 aromatic carbocycles. The van der Waals surface area contributed by atoms with Crippen molar-refractivity contribution >= 4 is 0 Å². The first-order valence-corrected chi connectivity index (χ1v) is 7.72. The van der Waals surface area contributed by atoms with Gasteiger partial charge in [-0.1, -0.05) is 44.2 Å². The van der Waals surface area contributed by atoms with Crippen molar-refractivity contribution in [2.24, 2.45) is 11.3 Å². The molecule has 1 aromatic rings. The molecule has 0 spiro atoms. The first kappa shape index (κ1) is 15.1. The van der Waals surface area contributed by atoms with Crippen molar-refractivity contribution in [3.63, 3.8) is 0 Å². The Hall–Kier alpha value is -1.33. The van der Waals surface area contributed by atoms with E-state index in [1.807, 2.05) is 0 Å². The molecule has 0 aromatic heterocycles. The summed E-state index contributed by atoms with van der Waals surface area (Å²) in [4.78, 5) is 2.56. The Kier molecular flexibility index (Phi) is 5.20. The smallest absolute Gasteiger partial charge is 0.0627 e. The molecule has 0 atom stereocenters. The Morgan fingerprint density at radius 1 is 1.20 bits per heavy atom. The highest BCUT2D eigenvalue weighted by molar-refractivity contribution is 5.14. The molecule has 0 aliphatic carbocycles. The summed E-state index contributed by atoms with van der Waals surface area (Å²) in [5, 5.41) is 8.88. The van der Waals surface area contributed by atoms with E-state index in [9.17, 15) is 0 Å². The molecule has 20 heavy (non-hydrogen) atoms. The van der Waals surface area contributed by atoms with E-state index in [1.165, 1.54) is 37.9 Å². The maximum atomic E-state index is 8.88. The molecule has 1 aliphatic heterocycles. The molecule has 0 bridgehead atoms. The number of nitriles is 1. The summed E-state index contributed by atoms with van der Waals surface area (Å²) in [5.41, 5.74) is 1.59. The first-order chi connectivity index (χ1) is 9.59. The summed E-state index contributed by atoms with van der Waals surface area (Å²) in [6.45, 7) is 7.93. The molecule has 1 saturated heterocycles. The second-order valence-corrected chi connectivity index (χ2v) is 6.91. The van der Waals surface area contributed by atoms with Gasteiger partial charge < -0.3 is 0 Å². The molecule has 2 rings (SSSR count). The van der Waals surface area contributed by atoms with Crippen LogP contribution in [0.1, 0.15) is 45.1 Å². The van der Waals surface area contributed by atoms with Gasteiger partial charge in [0.2, 0.25) is 0 Å². The molecule has 0 unspecified atom stereocenters. The molecule has 0 N–H and O–H groups in total. The van der Waals surface area contributed by atoms with E-state index in [2.05, 4.69) is 55.1 Å². The van der Waals surface area contributed by atoms with E-state index in [0.29, 0.717) is 6.42 Å². The Morgan fingerprint density at radius 3 is 2.45 bits per heavy atom. The predicted molar refractivity (Wildman–Crippen MR) is 83.1 cm³/mol. The predicted octanol–water partition coefficient (Wildman–Crippen LogP) is 4.23. The van der Waals surface area contributed by atoms with Gasteiger partial charge in [0.25, 0.3) is 0 Å².